The molecular formula is C35H34O4. The van der Waals surface area contributed by atoms with Crippen molar-refractivity contribution in [1.82, 2.24) is 0 Å². The maximum atomic E-state index is 13.5. The molecule has 0 bridgehead atoms. The van der Waals surface area contributed by atoms with Crippen LogP contribution in [0.25, 0.3) is 0 Å². The van der Waals surface area contributed by atoms with E-state index in [1.807, 2.05) is 36.4 Å². The fourth-order valence-corrected chi connectivity index (χ4v) is 5.63. The first-order valence-corrected chi connectivity index (χ1v) is 13.4. The van der Waals surface area contributed by atoms with E-state index >= 15 is 0 Å². The third-order valence-electron chi connectivity index (χ3n) is 7.95. The summed E-state index contributed by atoms with van der Waals surface area (Å²) in [6, 6.07) is 28.7. The van der Waals surface area contributed by atoms with Crippen LogP contribution in [0.2, 0.25) is 0 Å². The lowest BCUT2D eigenvalue weighted by Gasteiger charge is -2.43. The van der Waals surface area contributed by atoms with Gasteiger partial charge in [-0.05, 0) is 85.3 Å². The standard InChI is InChI=1S/C35H34O4/c1-21-16-17-22(2)28(18-21)31-30-20-24(4)23(3)19-29(30)25(5)32(38-34(36)26-12-8-6-9-13-26)33(31)39-35(37)27-14-10-7-11-15-27/h6-20,25,31-33H,1-5H3/t25?,31-,32?,33?/m0/s1. The molecule has 0 amide bonds. The summed E-state index contributed by atoms with van der Waals surface area (Å²) >= 11 is 0. The predicted molar refractivity (Wildman–Crippen MR) is 153 cm³/mol. The second-order valence-electron chi connectivity index (χ2n) is 10.7. The topological polar surface area (TPSA) is 52.6 Å². The molecule has 0 N–H and O–H groups in total. The Kier molecular flexibility index (Phi) is 7.38. The summed E-state index contributed by atoms with van der Waals surface area (Å²) < 4.78 is 12.6. The van der Waals surface area contributed by atoms with E-state index < -0.39 is 24.1 Å². The van der Waals surface area contributed by atoms with Gasteiger partial charge in [0.25, 0.3) is 0 Å². The van der Waals surface area contributed by atoms with E-state index in [1.165, 1.54) is 11.1 Å². The zero-order valence-corrected chi connectivity index (χ0v) is 23.1. The number of carbonyl (C=O) groups excluding carboxylic acids is 2. The van der Waals surface area contributed by atoms with Crippen LogP contribution in [-0.4, -0.2) is 24.1 Å². The third kappa shape index (κ3) is 5.24. The molecule has 0 saturated heterocycles. The minimum Gasteiger partial charge on any atom is -0.454 e. The molecule has 0 spiro atoms. The minimum atomic E-state index is -0.726. The summed E-state index contributed by atoms with van der Waals surface area (Å²) in [5.74, 6) is -1.37. The van der Waals surface area contributed by atoms with Crippen molar-refractivity contribution in [3.8, 4) is 0 Å². The Morgan fingerprint density at radius 3 is 1.64 bits per heavy atom. The molecule has 0 saturated carbocycles. The van der Waals surface area contributed by atoms with Gasteiger partial charge in [0.05, 0.1) is 17.0 Å². The average Bonchev–Trinajstić information content (AvgIpc) is 2.94. The van der Waals surface area contributed by atoms with Crippen molar-refractivity contribution in [2.45, 2.75) is 58.7 Å². The molecule has 4 atom stereocenters. The van der Waals surface area contributed by atoms with Gasteiger partial charge >= 0.3 is 11.9 Å². The molecule has 4 aromatic carbocycles. The lowest BCUT2D eigenvalue weighted by atomic mass is 9.69. The van der Waals surface area contributed by atoms with Crippen LogP contribution in [0.15, 0.2) is 91.0 Å². The molecule has 4 heteroatoms. The van der Waals surface area contributed by atoms with Gasteiger partial charge in [-0.25, -0.2) is 9.59 Å². The molecule has 4 aromatic rings. The zero-order chi connectivity index (χ0) is 27.7. The molecule has 1 aliphatic rings. The molecule has 198 valence electrons. The number of esters is 2. The number of hydrogen-bond donors (Lipinski definition) is 0. The minimum absolute atomic E-state index is 0.193. The zero-order valence-electron chi connectivity index (χ0n) is 23.1. The van der Waals surface area contributed by atoms with Crippen molar-refractivity contribution < 1.29 is 19.1 Å². The van der Waals surface area contributed by atoms with Crippen molar-refractivity contribution in [2.75, 3.05) is 0 Å². The summed E-state index contributed by atoms with van der Waals surface area (Å²) in [5.41, 5.74) is 8.77. The number of aryl methyl sites for hydroxylation is 4. The Morgan fingerprint density at radius 1 is 0.564 bits per heavy atom. The molecule has 5 rings (SSSR count). The van der Waals surface area contributed by atoms with Gasteiger partial charge in [0.2, 0.25) is 0 Å². The lowest BCUT2D eigenvalue weighted by molar-refractivity contribution is -0.0532. The van der Waals surface area contributed by atoms with Gasteiger partial charge in [0.15, 0.2) is 6.10 Å². The number of hydrogen-bond acceptors (Lipinski definition) is 4. The third-order valence-corrected chi connectivity index (χ3v) is 7.95. The number of ether oxygens (including phenoxy) is 2. The van der Waals surface area contributed by atoms with Crippen molar-refractivity contribution in [2.24, 2.45) is 0 Å². The monoisotopic (exact) mass is 518 g/mol. The van der Waals surface area contributed by atoms with Gasteiger partial charge in [-0.3, -0.25) is 0 Å². The molecule has 0 radical (unpaired) electrons. The van der Waals surface area contributed by atoms with Gasteiger partial charge in [0, 0.05) is 5.92 Å². The maximum Gasteiger partial charge on any atom is 0.338 e. The van der Waals surface area contributed by atoms with Crippen LogP contribution in [0.5, 0.6) is 0 Å². The molecule has 0 aliphatic heterocycles. The number of benzene rings is 4. The van der Waals surface area contributed by atoms with Gasteiger partial charge in [-0.2, -0.15) is 0 Å². The van der Waals surface area contributed by atoms with Crippen LogP contribution in [0.1, 0.15) is 78.4 Å². The molecule has 39 heavy (non-hydrogen) atoms. The second-order valence-corrected chi connectivity index (χ2v) is 10.7. The Hall–Kier alpha value is -4.18. The molecule has 1 aliphatic carbocycles. The van der Waals surface area contributed by atoms with E-state index in [-0.39, 0.29) is 11.8 Å². The SMILES string of the molecule is Cc1ccc(C)c([C@H]2c3cc(C)c(C)cc3C(C)C(OC(=O)c3ccccc3)C2OC(=O)c2ccccc2)c1. The van der Waals surface area contributed by atoms with Crippen LogP contribution < -0.4 is 0 Å². The van der Waals surface area contributed by atoms with Gasteiger partial charge in [-0.1, -0.05) is 79.2 Å². The van der Waals surface area contributed by atoms with Crippen LogP contribution >= 0.6 is 0 Å². The first-order chi connectivity index (χ1) is 18.7. The van der Waals surface area contributed by atoms with Gasteiger partial charge in [0.1, 0.15) is 6.10 Å². The maximum absolute atomic E-state index is 13.5. The Bertz CT molecular complexity index is 1510. The van der Waals surface area contributed by atoms with Crippen molar-refractivity contribution >= 4 is 11.9 Å². The van der Waals surface area contributed by atoms with E-state index in [2.05, 4.69) is 65.0 Å². The lowest BCUT2D eigenvalue weighted by Crippen LogP contribution is -2.47. The summed E-state index contributed by atoms with van der Waals surface area (Å²) in [5, 5.41) is 0. The van der Waals surface area contributed by atoms with Crippen LogP contribution in [0, 0.1) is 27.7 Å². The molecular weight excluding hydrogens is 484 g/mol. The number of rotatable bonds is 5. The number of fused-ring (bicyclic) bond motifs is 1. The highest BCUT2D eigenvalue weighted by molar-refractivity contribution is 5.90. The fraction of sp³-hybridized carbons (Fsp3) is 0.257. The molecule has 0 fully saturated rings. The highest BCUT2D eigenvalue weighted by Crippen LogP contribution is 2.47. The average molecular weight is 519 g/mol. The van der Waals surface area contributed by atoms with Crippen LogP contribution in [0.3, 0.4) is 0 Å². The summed E-state index contributed by atoms with van der Waals surface area (Å²) in [4.78, 5) is 26.9. The molecule has 3 unspecified atom stereocenters. The molecule has 0 aromatic heterocycles. The van der Waals surface area contributed by atoms with Crippen molar-refractivity contribution in [3.63, 3.8) is 0 Å². The van der Waals surface area contributed by atoms with Crippen LogP contribution in [0.4, 0.5) is 0 Å². The smallest absolute Gasteiger partial charge is 0.338 e. The first kappa shape index (κ1) is 26.4. The molecule has 4 nitrogen and oxygen atoms in total. The van der Waals surface area contributed by atoms with E-state index in [4.69, 9.17) is 9.47 Å². The quantitative estimate of drug-likeness (QED) is 0.255. The summed E-state index contributed by atoms with van der Waals surface area (Å²) in [6.45, 7) is 10.4. The van der Waals surface area contributed by atoms with Gasteiger partial charge < -0.3 is 9.47 Å². The van der Waals surface area contributed by atoms with E-state index in [1.54, 1.807) is 24.3 Å². The van der Waals surface area contributed by atoms with Crippen molar-refractivity contribution in [3.05, 3.63) is 141 Å². The second kappa shape index (κ2) is 10.9. The summed E-state index contributed by atoms with van der Waals surface area (Å²) in [7, 11) is 0. The Labute approximate surface area is 230 Å². The van der Waals surface area contributed by atoms with E-state index in [0.29, 0.717) is 11.1 Å². The van der Waals surface area contributed by atoms with Crippen molar-refractivity contribution in [1.29, 1.82) is 0 Å². The first-order valence-electron chi connectivity index (χ1n) is 13.4. The normalized spacial score (nSPS) is 20.1. The largest absolute Gasteiger partial charge is 0.454 e. The van der Waals surface area contributed by atoms with Gasteiger partial charge in [-0.15, -0.1) is 0 Å². The Balaban J connectivity index is 1.69. The highest BCUT2D eigenvalue weighted by atomic mass is 16.6. The van der Waals surface area contributed by atoms with E-state index in [9.17, 15) is 9.59 Å². The highest BCUT2D eigenvalue weighted by Gasteiger charge is 2.47. The van der Waals surface area contributed by atoms with Crippen LogP contribution in [-0.2, 0) is 9.47 Å². The Morgan fingerprint density at radius 2 is 1.08 bits per heavy atom. The molecule has 0 heterocycles. The number of carbonyl (C=O) groups is 2. The fourth-order valence-electron chi connectivity index (χ4n) is 5.63. The summed E-state index contributed by atoms with van der Waals surface area (Å²) in [6.07, 6.45) is -1.42. The van der Waals surface area contributed by atoms with E-state index in [0.717, 1.165) is 27.8 Å². The predicted octanol–water partition coefficient (Wildman–Crippen LogP) is 7.62.